The average molecular weight is 246 g/mol. The molecule has 0 bridgehead atoms. The molecule has 0 amide bonds. The topological polar surface area (TPSA) is 56.6 Å². The van der Waals surface area contributed by atoms with Crippen molar-refractivity contribution in [2.45, 2.75) is 6.92 Å². The highest BCUT2D eigenvalue weighted by atomic mass is 19.1. The maximum Gasteiger partial charge on any atom is 0.266 e. The molecule has 1 aromatic carbocycles. The van der Waals surface area contributed by atoms with Crippen molar-refractivity contribution in [2.75, 3.05) is 0 Å². The molecule has 0 fully saturated rings. The first-order valence-electron chi connectivity index (χ1n) is 5.12. The normalized spacial score (nSPS) is 10.1. The predicted molar refractivity (Wildman–Crippen MR) is 61.9 cm³/mol. The highest BCUT2D eigenvalue weighted by Gasteiger charge is 2.14. The number of hydrogen-bond donors (Lipinski definition) is 1. The van der Waals surface area contributed by atoms with Crippen LogP contribution in [0, 0.1) is 29.9 Å². The van der Waals surface area contributed by atoms with Gasteiger partial charge in [0.05, 0.1) is 0 Å². The lowest BCUT2D eigenvalue weighted by atomic mass is 10.0. The highest BCUT2D eigenvalue weighted by Crippen LogP contribution is 2.25. The zero-order valence-electron chi connectivity index (χ0n) is 9.42. The van der Waals surface area contributed by atoms with Gasteiger partial charge in [0.2, 0.25) is 0 Å². The lowest BCUT2D eigenvalue weighted by Crippen LogP contribution is -2.13. The molecule has 0 aliphatic heterocycles. The van der Waals surface area contributed by atoms with Gasteiger partial charge in [0.1, 0.15) is 23.3 Å². The van der Waals surface area contributed by atoms with Crippen LogP contribution in [0.2, 0.25) is 0 Å². The first kappa shape index (κ1) is 12.0. The maximum absolute atomic E-state index is 13.7. The molecule has 0 saturated carbocycles. The summed E-state index contributed by atoms with van der Waals surface area (Å²) >= 11 is 0. The van der Waals surface area contributed by atoms with Crippen LogP contribution in [0.3, 0.4) is 0 Å². The standard InChI is InChI=1S/C13H8F2N2O/c1-7-4-10(11(6-16)13(18)17-7)9-3-2-8(14)5-12(9)15/h2-5H,1H3,(H,17,18). The molecule has 0 aliphatic carbocycles. The Morgan fingerprint density at radius 2 is 1.94 bits per heavy atom. The molecule has 1 aromatic heterocycles. The van der Waals surface area contributed by atoms with Crippen LogP contribution >= 0.6 is 0 Å². The molecule has 0 saturated heterocycles. The van der Waals surface area contributed by atoms with Gasteiger partial charge in [0.25, 0.3) is 5.56 Å². The Hall–Kier alpha value is -2.48. The Labute approximate surface area is 101 Å². The van der Waals surface area contributed by atoms with Crippen molar-refractivity contribution >= 4 is 0 Å². The number of benzene rings is 1. The van der Waals surface area contributed by atoms with E-state index in [9.17, 15) is 13.6 Å². The quantitative estimate of drug-likeness (QED) is 0.840. The van der Waals surface area contributed by atoms with Crippen molar-refractivity contribution in [3.8, 4) is 17.2 Å². The van der Waals surface area contributed by atoms with Crippen LogP contribution in [0.5, 0.6) is 0 Å². The zero-order valence-corrected chi connectivity index (χ0v) is 9.42. The Morgan fingerprint density at radius 3 is 2.56 bits per heavy atom. The molecular formula is C13H8F2N2O. The molecule has 5 heteroatoms. The molecule has 2 rings (SSSR count). The Kier molecular flexibility index (Phi) is 2.94. The van der Waals surface area contributed by atoms with Crippen molar-refractivity contribution in [3.05, 3.63) is 57.5 Å². The van der Waals surface area contributed by atoms with Crippen molar-refractivity contribution in [1.82, 2.24) is 4.98 Å². The number of nitrogens with one attached hydrogen (secondary N) is 1. The summed E-state index contributed by atoms with van der Waals surface area (Å²) in [6.07, 6.45) is 0. The van der Waals surface area contributed by atoms with Gasteiger partial charge in [-0.05, 0) is 25.1 Å². The van der Waals surface area contributed by atoms with Gasteiger partial charge in [0, 0.05) is 22.9 Å². The van der Waals surface area contributed by atoms with Gasteiger partial charge in [-0.3, -0.25) is 4.79 Å². The number of aryl methyl sites for hydroxylation is 1. The van der Waals surface area contributed by atoms with E-state index in [0.717, 1.165) is 6.07 Å². The van der Waals surface area contributed by atoms with E-state index >= 15 is 0 Å². The minimum atomic E-state index is -0.809. The monoisotopic (exact) mass is 246 g/mol. The van der Waals surface area contributed by atoms with E-state index in [1.54, 1.807) is 13.0 Å². The zero-order chi connectivity index (χ0) is 13.3. The molecular weight excluding hydrogens is 238 g/mol. The molecule has 3 nitrogen and oxygen atoms in total. The Balaban J connectivity index is 2.79. The van der Waals surface area contributed by atoms with E-state index in [4.69, 9.17) is 5.26 Å². The summed E-state index contributed by atoms with van der Waals surface area (Å²) in [7, 11) is 0. The van der Waals surface area contributed by atoms with Crippen LogP contribution in [0.4, 0.5) is 8.78 Å². The largest absolute Gasteiger partial charge is 0.325 e. The Bertz CT molecular complexity index is 714. The highest BCUT2D eigenvalue weighted by molar-refractivity contribution is 5.70. The predicted octanol–water partition coefficient (Wildman–Crippen LogP) is 2.50. The third kappa shape index (κ3) is 2.00. The molecule has 18 heavy (non-hydrogen) atoms. The van der Waals surface area contributed by atoms with E-state index in [1.165, 1.54) is 12.1 Å². The smallest absolute Gasteiger partial charge is 0.266 e. The number of pyridine rings is 1. The second-order valence-electron chi connectivity index (χ2n) is 3.81. The van der Waals surface area contributed by atoms with Gasteiger partial charge in [0.15, 0.2) is 0 Å². The summed E-state index contributed by atoms with van der Waals surface area (Å²) in [5, 5.41) is 8.93. The SMILES string of the molecule is Cc1cc(-c2ccc(F)cc2F)c(C#N)c(=O)[nH]1. The van der Waals surface area contributed by atoms with E-state index in [2.05, 4.69) is 4.98 Å². The summed E-state index contributed by atoms with van der Waals surface area (Å²) in [4.78, 5) is 14.0. The van der Waals surface area contributed by atoms with Crippen LogP contribution in [-0.2, 0) is 0 Å². The van der Waals surface area contributed by atoms with Crippen LogP contribution in [-0.4, -0.2) is 4.98 Å². The van der Waals surface area contributed by atoms with Crippen LogP contribution in [0.1, 0.15) is 11.3 Å². The average Bonchev–Trinajstić information content (AvgIpc) is 2.28. The minimum absolute atomic E-state index is 0.0298. The second-order valence-corrected chi connectivity index (χ2v) is 3.81. The molecule has 0 aliphatic rings. The van der Waals surface area contributed by atoms with E-state index < -0.39 is 17.2 Å². The molecule has 0 radical (unpaired) electrons. The van der Waals surface area contributed by atoms with Gasteiger partial charge >= 0.3 is 0 Å². The molecule has 0 spiro atoms. The van der Waals surface area contributed by atoms with E-state index in [0.29, 0.717) is 11.8 Å². The number of nitriles is 1. The first-order chi connectivity index (χ1) is 8.52. The summed E-state index contributed by atoms with van der Waals surface area (Å²) in [6.45, 7) is 1.62. The first-order valence-corrected chi connectivity index (χ1v) is 5.12. The summed E-state index contributed by atoms with van der Waals surface area (Å²) in [6, 6.07) is 6.21. The fourth-order valence-corrected chi connectivity index (χ4v) is 1.72. The minimum Gasteiger partial charge on any atom is -0.325 e. The summed E-state index contributed by atoms with van der Waals surface area (Å²) in [5.74, 6) is -1.52. The summed E-state index contributed by atoms with van der Waals surface area (Å²) in [5.41, 5.74) is -0.0848. The number of aromatic nitrogens is 1. The number of rotatable bonds is 1. The van der Waals surface area contributed by atoms with Crippen molar-refractivity contribution < 1.29 is 8.78 Å². The molecule has 90 valence electrons. The van der Waals surface area contributed by atoms with Crippen molar-refractivity contribution in [3.63, 3.8) is 0 Å². The number of H-pyrrole nitrogens is 1. The number of halogens is 2. The van der Waals surface area contributed by atoms with Gasteiger partial charge in [-0.2, -0.15) is 5.26 Å². The lowest BCUT2D eigenvalue weighted by molar-refractivity contribution is 0.585. The number of nitrogens with zero attached hydrogens (tertiary/aromatic N) is 1. The Morgan fingerprint density at radius 1 is 1.22 bits per heavy atom. The van der Waals surface area contributed by atoms with Gasteiger partial charge in [-0.25, -0.2) is 8.78 Å². The molecule has 2 aromatic rings. The van der Waals surface area contributed by atoms with Crippen molar-refractivity contribution in [1.29, 1.82) is 5.26 Å². The lowest BCUT2D eigenvalue weighted by Gasteiger charge is -2.06. The molecule has 1 heterocycles. The molecule has 1 N–H and O–H groups in total. The van der Waals surface area contributed by atoms with E-state index in [1.807, 2.05) is 0 Å². The van der Waals surface area contributed by atoms with Crippen molar-refractivity contribution in [2.24, 2.45) is 0 Å². The van der Waals surface area contributed by atoms with Gasteiger partial charge in [-0.15, -0.1) is 0 Å². The van der Waals surface area contributed by atoms with Crippen LogP contribution in [0.25, 0.3) is 11.1 Å². The van der Waals surface area contributed by atoms with Gasteiger partial charge in [-0.1, -0.05) is 0 Å². The number of hydrogen-bond acceptors (Lipinski definition) is 2. The summed E-state index contributed by atoms with van der Waals surface area (Å²) < 4.78 is 26.5. The second kappa shape index (κ2) is 4.41. The fraction of sp³-hybridized carbons (Fsp3) is 0.0769. The van der Waals surface area contributed by atoms with Crippen LogP contribution in [0.15, 0.2) is 29.1 Å². The van der Waals surface area contributed by atoms with Crippen LogP contribution < -0.4 is 5.56 Å². The molecule has 0 atom stereocenters. The third-order valence-electron chi connectivity index (χ3n) is 2.50. The fourth-order valence-electron chi connectivity index (χ4n) is 1.72. The maximum atomic E-state index is 13.7. The van der Waals surface area contributed by atoms with E-state index in [-0.39, 0.29) is 16.7 Å². The molecule has 0 unspecified atom stereocenters. The van der Waals surface area contributed by atoms with Gasteiger partial charge < -0.3 is 4.98 Å². The third-order valence-corrected chi connectivity index (χ3v) is 2.50. The number of aromatic amines is 1.